The van der Waals surface area contributed by atoms with E-state index in [1.54, 1.807) is 0 Å². The number of benzene rings is 1. The van der Waals surface area contributed by atoms with Crippen LogP contribution in [0.4, 0.5) is 0 Å². The quantitative estimate of drug-likeness (QED) is 0.518. The monoisotopic (exact) mass is 205 g/mol. The lowest BCUT2D eigenvalue weighted by Crippen LogP contribution is -2.16. The third-order valence-electron chi connectivity index (χ3n) is 2.08. The van der Waals surface area contributed by atoms with Gasteiger partial charge in [0.05, 0.1) is 12.3 Å². The number of hydrogen-bond donors (Lipinski definition) is 0. The van der Waals surface area contributed by atoms with Crippen molar-refractivity contribution in [3.05, 3.63) is 29.8 Å². The van der Waals surface area contributed by atoms with Crippen LogP contribution in [-0.2, 0) is 9.63 Å². The fourth-order valence-corrected chi connectivity index (χ4v) is 1.44. The first-order valence-corrected chi connectivity index (χ1v) is 4.74. The number of carbonyl (C=O) groups excluding carboxylic acids is 1. The molecular formula is C11H11NO3. The summed E-state index contributed by atoms with van der Waals surface area (Å²) in [4.78, 5) is 15.3. The SMILES string of the molecule is CC(=O)ON=C1CCOc2ccccc21. The first kappa shape index (κ1) is 9.71. The van der Waals surface area contributed by atoms with Gasteiger partial charge in [0.2, 0.25) is 0 Å². The number of nitrogens with zero attached hydrogens (tertiary/aromatic N) is 1. The Bertz CT molecular complexity index is 412. The van der Waals surface area contributed by atoms with Gasteiger partial charge in [0.25, 0.3) is 0 Å². The van der Waals surface area contributed by atoms with Gasteiger partial charge in [-0.3, -0.25) is 0 Å². The maximum Gasteiger partial charge on any atom is 0.331 e. The zero-order chi connectivity index (χ0) is 10.7. The first-order chi connectivity index (χ1) is 7.27. The van der Waals surface area contributed by atoms with E-state index < -0.39 is 5.97 Å². The molecule has 1 heterocycles. The lowest BCUT2D eigenvalue weighted by atomic mass is 10.0. The van der Waals surface area contributed by atoms with E-state index in [0.29, 0.717) is 13.0 Å². The molecule has 4 nitrogen and oxygen atoms in total. The summed E-state index contributed by atoms with van der Waals surface area (Å²) in [5.74, 6) is 0.376. The Labute approximate surface area is 87.5 Å². The fraction of sp³-hybridized carbons (Fsp3) is 0.273. The molecular weight excluding hydrogens is 194 g/mol. The van der Waals surface area contributed by atoms with Gasteiger partial charge in [-0.15, -0.1) is 0 Å². The summed E-state index contributed by atoms with van der Waals surface area (Å²) in [6.07, 6.45) is 0.657. The number of fused-ring (bicyclic) bond motifs is 1. The lowest BCUT2D eigenvalue weighted by molar-refractivity contribution is -0.140. The molecule has 1 aliphatic heterocycles. The molecule has 78 valence electrons. The average Bonchev–Trinajstić information content (AvgIpc) is 2.26. The van der Waals surface area contributed by atoms with Crippen molar-refractivity contribution in [3.63, 3.8) is 0 Å². The number of rotatable bonds is 1. The van der Waals surface area contributed by atoms with Gasteiger partial charge in [-0.2, -0.15) is 0 Å². The van der Waals surface area contributed by atoms with E-state index in [1.165, 1.54) is 6.92 Å². The zero-order valence-electron chi connectivity index (χ0n) is 8.40. The number of oxime groups is 1. The Hall–Kier alpha value is -1.84. The molecule has 0 radical (unpaired) electrons. The highest BCUT2D eigenvalue weighted by Gasteiger charge is 2.16. The van der Waals surface area contributed by atoms with E-state index in [-0.39, 0.29) is 0 Å². The van der Waals surface area contributed by atoms with Crippen LogP contribution in [0.2, 0.25) is 0 Å². The minimum Gasteiger partial charge on any atom is -0.492 e. The van der Waals surface area contributed by atoms with Gasteiger partial charge in [-0.1, -0.05) is 17.3 Å². The molecule has 0 aliphatic carbocycles. The van der Waals surface area contributed by atoms with Crippen LogP contribution < -0.4 is 4.74 Å². The third-order valence-corrected chi connectivity index (χ3v) is 2.08. The first-order valence-electron chi connectivity index (χ1n) is 4.74. The summed E-state index contributed by atoms with van der Waals surface area (Å²) in [6, 6.07) is 7.57. The molecule has 0 saturated carbocycles. The van der Waals surface area contributed by atoms with Crippen LogP contribution in [0, 0.1) is 0 Å². The number of ether oxygens (including phenoxy) is 1. The van der Waals surface area contributed by atoms with Gasteiger partial charge < -0.3 is 9.57 Å². The molecule has 1 aromatic carbocycles. The molecule has 0 amide bonds. The standard InChI is InChI=1S/C11H11NO3/c1-8(13)15-12-10-6-7-14-11-5-3-2-4-9(10)11/h2-5H,6-7H2,1H3. The molecule has 4 heteroatoms. The highest BCUT2D eigenvalue weighted by molar-refractivity contribution is 6.03. The van der Waals surface area contributed by atoms with E-state index in [0.717, 1.165) is 17.0 Å². The summed E-state index contributed by atoms with van der Waals surface area (Å²) < 4.78 is 5.44. The topological polar surface area (TPSA) is 47.9 Å². The Morgan fingerprint density at radius 3 is 3.07 bits per heavy atom. The van der Waals surface area contributed by atoms with Crippen LogP contribution in [0.5, 0.6) is 5.75 Å². The largest absolute Gasteiger partial charge is 0.492 e. The zero-order valence-corrected chi connectivity index (χ0v) is 8.40. The maximum absolute atomic E-state index is 10.6. The summed E-state index contributed by atoms with van der Waals surface area (Å²) in [6.45, 7) is 1.90. The molecule has 0 aromatic heterocycles. The highest BCUT2D eigenvalue weighted by atomic mass is 16.7. The number of hydrogen-bond acceptors (Lipinski definition) is 4. The van der Waals surface area contributed by atoms with E-state index in [2.05, 4.69) is 9.99 Å². The summed E-state index contributed by atoms with van der Waals surface area (Å²) in [7, 11) is 0. The normalized spacial score (nSPS) is 16.7. The second kappa shape index (κ2) is 4.13. The molecule has 0 fully saturated rings. The van der Waals surface area contributed by atoms with Gasteiger partial charge in [-0.25, -0.2) is 4.79 Å². The van der Waals surface area contributed by atoms with Crippen molar-refractivity contribution in [2.45, 2.75) is 13.3 Å². The van der Waals surface area contributed by atoms with Gasteiger partial charge >= 0.3 is 5.97 Å². The minimum atomic E-state index is -0.411. The van der Waals surface area contributed by atoms with E-state index in [4.69, 9.17) is 4.74 Å². The molecule has 0 atom stereocenters. The van der Waals surface area contributed by atoms with Crippen LogP contribution in [0.1, 0.15) is 18.9 Å². The smallest absolute Gasteiger partial charge is 0.331 e. The van der Waals surface area contributed by atoms with E-state index in [9.17, 15) is 4.79 Å². The van der Waals surface area contributed by atoms with Crippen molar-refractivity contribution in [1.82, 2.24) is 0 Å². The van der Waals surface area contributed by atoms with Gasteiger partial charge in [0.15, 0.2) is 0 Å². The Morgan fingerprint density at radius 2 is 2.27 bits per heavy atom. The van der Waals surface area contributed by atoms with Gasteiger partial charge in [0, 0.05) is 18.9 Å². The second-order valence-electron chi connectivity index (χ2n) is 3.22. The maximum atomic E-state index is 10.6. The molecule has 15 heavy (non-hydrogen) atoms. The number of para-hydroxylation sites is 1. The molecule has 0 N–H and O–H groups in total. The Kier molecular flexibility index (Phi) is 2.67. The van der Waals surface area contributed by atoms with Crippen LogP contribution in [0.25, 0.3) is 0 Å². The summed E-state index contributed by atoms with van der Waals surface area (Å²) >= 11 is 0. The Balaban J connectivity index is 2.29. The molecule has 1 aliphatic rings. The predicted molar refractivity (Wildman–Crippen MR) is 54.9 cm³/mol. The number of carbonyl (C=O) groups is 1. The average molecular weight is 205 g/mol. The molecule has 0 bridgehead atoms. The van der Waals surface area contributed by atoms with Crippen molar-refractivity contribution < 1.29 is 14.4 Å². The van der Waals surface area contributed by atoms with Crippen molar-refractivity contribution in [2.24, 2.45) is 5.16 Å². The van der Waals surface area contributed by atoms with Crippen molar-refractivity contribution in [3.8, 4) is 5.75 Å². The second-order valence-corrected chi connectivity index (χ2v) is 3.22. The predicted octanol–water partition coefficient (Wildman–Crippen LogP) is 1.74. The highest BCUT2D eigenvalue weighted by Crippen LogP contribution is 2.24. The van der Waals surface area contributed by atoms with E-state index in [1.807, 2.05) is 24.3 Å². The van der Waals surface area contributed by atoms with Crippen LogP contribution in [0.3, 0.4) is 0 Å². The van der Waals surface area contributed by atoms with Crippen molar-refractivity contribution in [2.75, 3.05) is 6.61 Å². The van der Waals surface area contributed by atoms with Gasteiger partial charge in [0.1, 0.15) is 5.75 Å². The molecule has 2 rings (SSSR count). The van der Waals surface area contributed by atoms with Crippen LogP contribution in [0.15, 0.2) is 29.4 Å². The Morgan fingerprint density at radius 1 is 1.47 bits per heavy atom. The fourth-order valence-electron chi connectivity index (χ4n) is 1.44. The van der Waals surface area contributed by atoms with Crippen LogP contribution in [-0.4, -0.2) is 18.3 Å². The minimum absolute atomic E-state index is 0.411. The molecule has 0 saturated heterocycles. The van der Waals surface area contributed by atoms with Crippen LogP contribution >= 0.6 is 0 Å². The van der Waals surface area contributed by atoms with Gasteiger partial charge in [-0.05, 0) is 12.1 Å². The molecule has 0 unspecified atom stereocenters. The third kappa shape index (κ3) is 2.15. The molecule has 0 spiro atoms. The summed E-state index contributed by atoms with van der Waals surface area (Å²) in [5.41, 5.74) is 1.65. The molecule has 1 aromatic rings. The lowest BCUT2D eigenvalue weighted by Gasteiger charge is -2.17. The summed E-state index contributed by atoms with van der Waals surface area (Å²) in [5, 5.41) is 3.81. The van der Waals surface area contributed by atoms with Crippen molar-refractivity contribution in [1.29, 1.82) is 0 Å². The van der Waals surface area contributed by atoms with E-state index >= 15 is 0 Å². The van der Waals surface area contributed by atoms with Crippen molar-refractivity contribution >= 4 is 11.7 Å².